The van der Waals surface area contributed by atoms with E-state index in [1.165, 1.54) is 6.07 Å². The molecule has 6 heteroatoms. The number of halogens is 2. The van der Waals surface area contributed by atoms with Crippen molar-refractivity contribution in [2.75, 3.05) is 0 Å². The van der Waals surface area contributed by atoms with Gasteiger partial charge < -0.3 is 0 Å². The molecule has 0 bridgehead atoms. The Balaban J connectivity index is 3.41. The molecule has 0 fully saturated rings. The average molecular weight is 275 g/mol. The Hall–Kier alpha value is -1.12. The molecule has 0 radical (unpaired) electrons. The minimum absolute atomic E-state index is 0.121. The summed E-state index contributed by atoms with van der Waals surface area (Å²) in [4.78, 5) is 9.93. The molecule has 0 spiro atoms. The molecule has 0 heterocycles. The van der Waals surface area contributed by atoms with Crippen molar-refractivity contribution < 1.29 is 4.92 Å². The first-order chi connectivity index (χ1) is 6.60. The van der Waals surface area contributed by atoms with Crippen LogP contribution >= 0.6 is 27.5 Å². The zero-order chi connectivity index (χ0) is 10.7. The van der Waals surface area contributed by atoms with Crippen LogP contribution in [0, 0.1) is 21.4 Å². The SMILES string of the molecule is N#Cc1cc([N+](=O)[O-])cc(CBr)c1Cl. The number of nitriles is 1. The number of nitro groups is 1. The molecule has 0 saturated carbocycles. The summed E-state index contributed by atoms with van der Waals surface area (Å²) in [5.41, 5.74) is 0.535. The molecule has 1 aromatic carbocycles. The van der Waals surface area contributed by atoms with Gasteiger partial charge in [0.25, 0.3) is 5.69 Å². The van der Waals surface area contributed by atoms with Crippen molar-refractivity contribution in [3.63, 3.8) is 0 Å². The Morgan fingerprint density at radius 2 is 2.29 bits per heavy atom. The van der Waals surface area contributed by atoms with Gasteiger partial charge in [-0.1, -0.05) is 27.5 Å². The molecule has 14 heavy (non-hydrogen) atoms. The predicted molar refractivity (Wildman–Crippen MR) is 55.5 cm³/mol. The largest absolute Gasteiger partial charge is 0.271 e. The molecular formula is C8H4BrClN2O2. The molecule has 0 atom stereocenters. The van der Waals surface area contributed by atoms with Gasteiger partial charge in [-0.15, -0.1) is 0 Å². The van der Waals surface area contributed by atoms with Gasteiger partial charge in [0.15, 0.2) is 0 Å². The summed E-state index contributed by atoms with van der Waals surface area (Å²) in [6, 6.07) is 4.31. The summed E-state index contributed by atoms with van der Waals surface area (Å²) < 4.78 is 0. The number of nitro benzene ring substituents is 1. The first kappa shape index (κ1) is 11.0. The van der Waals surface area contributed by atoms with E-state index < -0.39 is 4.92 Å². The Kier molecular flexibility index (Phi) is 3.44. The van der Waals surface area contributed by atoms with Gasteiger partial charge in [-0.05, 0) is 5.56 Å². The summed E-state index contributed by atoms with van der Waals surface area (Å²) in [5.74, 6) is 0. The summed E-state index contributed by atoms with van der Waals surface area (Å²) >= 11 is 8.95. The number of rotatable bonds is 2. The number of non-ortho nitro benzene ring substituents is 1. The maximum Gasteiger partial charge on any atom is 0.271 e. The Morgan fingerprint density at radius 1 is 1.64 bits per heavy atom. The van der Waals surface area contributed by atoms with Gasteiger partial charge >= 0.3 is 0 Å². The van der Waals surface area contributed by atoms with Crippen molar-refractivity contribution in [2.45, 2.75) is 5.33 Å². The predicted octanol–water partition coefficient (Wildman–Crippen LogP) is 3.01. The van der Waals surface area contributed by atoms with Crippen LogP contribution in [0.15, 0.2) is 12.1 Å². The zero-order valence-corrected chi connectivity index (χ0v) is 9.17. The van der Waals surface area contributed by atoms with Crippen molar-refractivity contribution in [1.82, 2.24) is 0 Å². The van der Waals surface area contributed by atoms with Crippen LogP contribution in [-0.2, 0) is 5.33 Å². The van der Waals surface area contributed by atoms with Gasteiger partial charge in [-0.25, -0.2) is 0 Å². The lowest BCUT2D eigenvalue weighted by atomic mass is 10.1. The minimum Gasteiger partial charge on any atom is -0.258 e. The van der Waals surface area contributed by atoms with E-state index in [1.807, 2.05) is 6.07 Å². The van der Waals surface area contributed by atoms with Crippen molar-refractivity contribution in [1.29, 1.82) is 5.26 Å². The number of alkyl halides is 1. The van der Waals surface area contributed by atoms with E-state index in [1.54, 1.807) is 0 Å². The van der Waals surface area contributed by atoms with Gasteiger partial charge in [-0.3, -0.25) is 10.1 Å². The summed E-state index contributed by atoms with van der Waals surface area (Å²) in [7, 11) is 0. The number of benzene rings is 1. The number of hydrogen-bond donors (Lipinski definition) is 0. The van der Waals surface area contributed by atoms with Gasteiger partial charge in [0.1, 0.15) is 6.07 Å². The first-order valence-corrected chi connectivity index (χ1v) is 5.03. The molecule has 0 aromatic heterocycles. The fraction of sp³-hybridized carbons (Fsp3) is 0.125. The lowest BCUT2D eigenvalue weighted by molar-refractivity contribution is -0.384. The summed E-state index contributed by atoms with van der Waals surface area (Å²) in [6.07, 6.45) is 0. The number of nitrogens with zero attached hydrogens (tertiary/aromatic N) is 2. The van der Waals surface area contributed by atoms with Crippen molar-refractivity contribution >= 4 is 33.2 Å². The second kappa shape index (κ2) is 4.40. The molecule has 0 aliphatic carbocycles. The van der Waals surface area contributed by atoms with Crippen LogP contribution in [-0.4, -0.2) is 4.92 Å². The van der Waals surface area contributed by atoms with Crippen LogP contribution < -0.4 is 0 Å². The molecular weight excluding hydrogens is 271 g/mol. The maximum absolute atomic E-state index is 10.5. The summed E-state index contributed by atoms with van der Waals surface area (Å²) in [5, 5.41) is 19.8. The average Bonchev–Trinajstić information content (AvgIpc) is 2.17. The first-order valence-electron chi connectivity index (χ1n) is 3.53. The van der Waals surface area contributed by atoms with Crippen LogP contribution in [0.2, 0.25) is 5.02 Å². The minimum atomic E-state index is -0.552. The maximum atomic E-state index is 10.5. The van der Waals surface area contributed by atoms with Crippen LogP contribution in [0.4, 0.5) is 5.69 Å². The highest BCUT2D eigenvalue weighted by atomic mass is 79.9. The van der Waals surface area contributed by atoms with Crippen molar-refractivity contribution in [2.24, 2.45) is 0 Å². The second-order valence-electron chi connectivity index (χ2n) is 2.47. The fourth-order valence-corrected chi connectivity index (χ4v) is 1.77. The van der Waals surface area contributed by atoms with E-state index >= 15 is 0 Å². The van der Waals surface area contributed by atoms with Gasteiger partial charge in [-0.2, -0.15) is 5.26 Å². The van der Waals surface area contributed by atoms with E-state index in [4.69, 9.17) is 16.9 Å². The molecule has 4 nitrogen and oxygen atoms in total. The zero-order valence-electron chi connectivity index (χ0n) is 6.83. The van der Waals surface area contributed by atoms with Crippen molar-refractivity contribution in [3.8, 4) is 6.07 Å². The second-order valence-corrected chi connectivity index (χ2v) is 3.41. The van der Waals surface area contributed by atoms with E-state index in [0.29, 0.717) is 10.9 Å². The Bertz CT molecular complexity index is 428. The van der Waals surface area contributed by atoms with E-state index in [9.17, 15) is 10.1 Å². The quantitative estimate of drug-likeness (QED) is 0.473. The van der Waals surface area contributed by atoms with Gasteiger partial charge in [0.2, 0.25) is 0 Å². The van der Waals surface area contributed by atoms with E-state index in [-0.39, 0.29) is 16.3 Å². The molecule has 1 rings (SSSR count). The highest BCUT2D eigenvalue weighted by molar-refractivity contribution is 9.08. The van der Waals surface area contributed by atoms with E-state index in [2.05, 4.69) is 15.9 Å². The standard InChI is InChI=1S/C8H4BrClN2O2/c9-3-5-1-7(12(13)14)2-6(4-11)8(5)10/h1-2H,3H2. The molecule has 0 N–H and O–H groups in total. The van der Waals surface area contributed by atoms with Gasteiger partial charge in [0.05, 0.1) is 15.5 Å². The van der Waals surface area contributed by atoms with Crippen LogP contribution in [0.5, 0.6) is 0 Å². The van der Waals surface area contributed by atoms with Crippen molar-refractivity contribution in [3.05, 3.63) is 38.4 Å². The Morgan fingerprint density at radius 3 is 2.71 bits per heavy atom. The molecule has 0 saturated heterocycles. The molecule has 0 amide bonds. The highest BCUT2D eigenvalue weighted by Gasteiger charge is 2.14. The third-order valence-corrected chi connectivity index (χ3v) is 2.66. The van der Waals surface area contributed by atoms with Crippen LogP contribution in [0.3, 0.4) is 0 Å². The lowest BCUT2D eigenvalue weighted by Crippen LogP contribution is -1.93. The molecule has 0 aliphatic rings. The monoisotopic (exact) mass is 274 g/mol. The highest BCUT2D eigenvalue weighted by Crippen LogP contribution is 2.27. The molecule has 0 unspecified atom stereocenters. The molecule has 1 aromatic rings. The third-order valence-electron chi connectivity index (χ3n) is 1.61. The lowest BCUT2D eigenvalue weighted by Gasteiger charge is -2.01. The molecule has 72 valence electrons. The third kappa shape index (κ3) is 2.03. The van der Waals surface area contributed by atoms with Gasteiger partial charge in [0, 0.05) is 17.5 Å². The smallest absolute Gasteiger partial charge is 0.258 e. The van der Waals surface area contributed by atoms with Crippen LogP contribution in [0.25, 0.3) is 0 Å². The Labute approximate surface area is 93.4 Å². The van der Waals surface area contributed by atoms with Crippen LogP contribution in [0.1, 0.15) is 11.1 Å². The normalized spacial score (nSPS) is 9.50. The summed E-state index contributed by atoms with van der Waals surface area (Å²) in [6.45, 7) is 0. The topological polar surface area (TPSA) is 66.9 Å². The molecule has 0 aliphatic heterocycles. The van der Waals surface area contributed by atoms with E-state index in [0.717, 1.165) is 6.07 Å². The number of hydrogen-bond acceptors (Lipinski definition) is 3. The fourth-order valence-electron chi connectivity index (χ4n) is 0.952.